The number of hydrogen-bond donors (Lipinski definition) is 1. The first-order valence-corrected chi connectivity index (χ1v) is 8.49. The summed E-state index contributed by atoms with van der Waals surface area (Å²) in [5.41, 5.74) is 6.63. The first-order chi connectivity index (χ1) is 10.6. The normalized spacial score (nSPS) is 29.2. The fourth-order valence-electron chi connectivity index (χ4n) is 4.10. The third-order valence-electron chi connectivity index (χ3n) is 5.64. The molecule has 1 aromatic carbocycles. The summed E-state index contributed by atoms with van der Waals surface area (Å²) in [4.78, 5) is 0. The molecule has 3 rings (SSSR count). The lowest BCUT2D eigenvalue weighted by molar-refractivity contribution is 0.202. The summed E-state index contributed by atoms with van der Waals surface area (Å²) >= 11 is 0. The van der Waals surface area contributed by atoms with Crippen molar-refractivity contribution >= 4 is 11.3 Å². The molecule has 1 aromatic rings. The van der Waals surface area contributed by atoms with Crippen molar-refractivity contribution in [2.75, 3.05) is 5.73 Å². The van der Waals surface area contributed by atoms with Crippen molar-refractivity contribution in [2.45, 2.75) is 51.9 Å². The summed E-state index contributed by atoms with van der Waals surface area (Å²) in [6.45, 7) is 2.34. The van der Waals surface area contributed by atoms with Gasteiger partial charge in [0.2, 0.25) is 0 Å². The molecule has 1 unspecified atom stereocenters. The molecule has 3 heteroatoms. The molecule has 1 fully saturated rings. The molecule has 0 saturated heterocycles. The molecule has 0 spiro atoms. The van der Waals surface area contributed by atoms with Crippen molar-refractivity contribution in [3.8, 4) is 0 Å². The molecule has 1 saturated carbocycles. The third kappa shape index (κ3) is 3.04. The van der Waals surface area contributed by atoms with Gasteiger partial charge in [-0.05, 0) is 67.6 Å². The standard InChI is InChI=1S/C19H25F2N/c1-12-2-4-13(5-3-12)14-6-8-15(9-7-14)16-10-11-17(22)19(21)18(16)20/h8,10-14H,2-7,9,22H2,1H3. The molecule has 0 aliphatic heterocycles. The van der Waals surface area contributed by atoms with Crippen molar-refractivity contribution in [1.29, 1.82) is 0 Å². The van der Waals surface area contributed by atoms with Crippen LogP contribution in [0.3, 0.4) is 0 Å². The van der Waals surface area contributed by atoms with Crippen LogP contribution in [0.4, 0.5) is 14.5 Å². The van der Waals surface area contributed by atoms with Gasteiger partial charge in [0.1, 0.15) is 0 Å². The van der Waals surface area contributed by atoms with Gasteiger partial charge in [0.25, 0.3) is 0 Å². The summed E-state index contributed by atoms with van der Waals surface area (Å²) < 4.78 is 27.7. The van der Waals surface area contributed by atoms with E-state index in [-0.39, 0.29) is 5.69 Å². The van der Waals surface area contributed by atoms with E-state index >= 15 is 0 Å². The van der Waals surface area contributed by atoms with E-state index in [0.717, 1.165) is 42.6 Å². The third-order valence-corrected chi connectivity index (χ3v) is 5.64. The Morgan fingerprint density at radius 3 is 2.32 bits per heavy atom. The van der Waals surface area contributed by atoms with Crippen LogP contribution in [0.5, 0.6) is 0 Å². The van der Waals surface area contributed by atoms with Crippen LogP contribution >= 0.6 is 0 Å². The lowest BCUT2D eigenvalue weighted by Gasteiger charge is -2.34. The maximum Gasteiger partial charge on any atom is 0.182 e. The predicted octanol–water partition coefficient (Wildman–Crippen LogP) is 5.56. The van der Waals surface area contributed by atoms with Gasteiger partial charge in [-0.1, -0.05) is 25.8 Å². The van der Waals surface area contributed by atoms with E-state index in [1.165, 1.54) is 31.7 Å². The first-order valence-electron chi connectivity index (χ1n) is 8.49. The number of benzene rings is 1. The number of nitrogens with two attached hydrogens (primary N) is 1. The van der Waals surface area contributed by atoms with E-state index in [1.807, 2.05) is 0 Å². The molecule has 22 heavy (non-hydrogen) atoms. The molecular formula is C19H25F2N. The molecule has 2 aliphatic rings. The lowest BCUT2D eigenvalue weighted by atomic mass is 9.71. The Bertz CT molecular complexity index is 571. The van der Waals surface area contributed by atoms with Crippen LogP contribution in [0.15, 0.2) is 18.2 Å². The van der Waals surface area contributed by atoms with Gasteiger partial charge in [-0.3, -0.25) is 0 Å². The van der Waals surface area contributed by atoms with E-state index in [2.05, 4.69) is 13.0 Å². The molecule has 1 nitrogen and oxygen atoms in total. The van der Waals surface area contributed by atoms with Crippen LogP contribution in [0.25, 0.3) is 5.57 Å². The maximum absolute atomic E-state index is 14.0. The van der Waals surface area contributed by atoms with E-state index in [0.29, 0.717) is 5.56 Å². The Balaban J connectivity index is 1.70. The molecule has 0 aromatic heterocycles. The molecule has 2 N–H and O–H groups in total. The Hall–Kier alpha value is -1.38. The fourth-order valence-corrected chi connectivity index (χ4v) is 4.10. The number of anilines is 1. The topological polar surface area (TPSA) is 26.0 Å². The van der Waals surface area contributed by atoms with Gasteiger partial charge < -0.3 is 5.73 Å². The fraction of sp³-hybridized carbons (Fsp3) is 0.579. The average molecular weight is 305 g/mol. The second kappa shape index (κ2) is 6.39. The highest BCUT2D eigenvalue weighted by atomic mass is 19.2. The van der Waals surface area contributed by atoms with Gasteiger partial charge >= 0.3 is 0 Å². The van der Waals surface area contributed by atoms with E-state index in [9.17, 15) is 8.78 Å². The van der Waals surface area contributed by atoms with Gasteiger partial charge in [0, 0.05) is 5.56 Å². The number of nitrogen functional groups attached to an aromatic ring is 1. The minimum atomic E-state index is -0.915. The smallest absolute Gasteiger partial charge is 0.182 e. The molecule has 120 valence electrons. The molecule has 1 atom stereocenters. The van der Waals surface area contributed by atoms with Crippen molar-refractivity contribution in [1.82, 2.24) is 0 Å². The van der Waals surface area contributed by atoms with Gasteiger partial charge in [0.05, 0.1) is 5.69 Å². The van der Waals surface area contributed by atoms with Crippen molar-refractivity contribution in [3.05, 3.63) is 35.4 Å². The Morgan fingerprint density at radius 2 is 1.68 bits per heavy atom. The van der Waals surface area contributed by atoms with Crippen molar-refractivity contribution in [3.63, 3.8) is 0 Å². The van der Waals surface area contributed by atoms with Crippen LogP contribution < -0.4 is 5.73 Å². The first kappa shape index (κ1) is 15.5. The zero-order chi connectivity index (χ0) is 15.7. The highest BCUT2D eigenvalue weighted by molar-refractivity contribution is 5.68. The predicted molar refractivity (Wildman–Crippen MR) is 87.2 cm³/mol. The van der Waals surface area contributed by atoms with E-state index < -0.39 is 11.6 Å². The SMILES string of the molecule is CC1CCC(C2CC=C(c3ccc(N)c(F)c3F)CC2)CC1. The monoisotopic (exact) mass is 305 g/mol. The quantitative estimate of drug-likeness (QED) is 0.711. The molecule has 0 radical (unpaired) electrons. The Labute approximate surface area is 131 Å². The van der Waals surface area contributed by atoms with E-state index in [1.54, 1.807) is 6.07 Å². The van der Waals surface area contributed by atoms with E-state index in [4.69, 9.17) is 5.73 Å². The number of hydrogen-bond acceptors (Lipinski definition) is 1. The van der Waals surface area contributed by atoms with Gasteiger partial charge in [0.15, 0.2) is 11.6 Å². The number of rotatable bonds is 2. The molecule has 0 heterocycles. The Kier molecular flexibility index (Phi) is 4.51. The zero-order valence-corrected chi connectivity index (χ0v) is 13.2. The Morgan fingerprint density at radius 1 is 0.955 bits per heavy atom. The van der Waals surface area contributed by atoms with Crippen LogP contribution in [0.2, 0.25) is 0 Å². The van der Waals surface area contributed by atoms with Crippen molar-refractivity contribution < 1.29 is 8.78 Å². The van der Waals surface area contributed by atoms with Crippen molar-refractivity contribution in [2.24, 2.45) is 17.8 Å². The highest BCUT2D eigenvalue weighted by Gasteiger charge is 2.28. The summed E-state index contributed by atoms with van der Waals surface area (Å²) in [6.07, 6.45) is 10.4. The van der Waals surface area contributed by atoms with Gasteiger partial charge in [-0.25, -0.2) is 8.78 Å². The lowest BCUT2D eigenvalue weighted by Crippen LogP contribution is -2.22. The van der Waals surface area contributed by atoms with Crippen LogP contribution in [0, 0.1) is 29.4 Å². The zero-order valence-electron chi connectivity index (χ0n) is 13.2. The second-order valence-corrected chi connectivity index (χ2v) is 7.11. The maximum atomic E-state index is 14.0. The average Bonchev–Trinajstić information content (AvgIpc) is 2.54. The summed E-state index contributed by atoms with van der Waals surface area (Å²) in [5, 5.41) is 0. The van der Waals surface area contributed by atoms with Crippen LogP contribution in [0.1, 0.15) is 57.4 Å². The largest absolute Gasteiger partial charge is 0.396 e. The molecule has 0 amide bonds. The second-order valence-electron chi connectivity index (χ2n) is 7.11. The summed E-state index contributed by atoms with van der Waals surface area (Å²) in [5.74, 6) is 0.704. The van der Waals surface area contributed by atoms with Gasteiger partial charge in [-0.2, -0.15) is 0 Å². The highest BCUT2D eigenvalue weighted by Crippen LogP contribution is 2.41. The number of halogens is 2. The van der Waals surface area contributed by atoms with Crippen LogP contribution in [-0.4, -0.2) is 0 Å². The molecule has 0 bridgehead atoms. The summed E-state index contributed by atoms with van der Waals surface area (Å²) in [7, 11) is 0. The van der Waals surface area contributed by atoms with Gasteiger partial charge in [-0.15, -0.1) is 0 Å². The minimum absolute atomic E-state index is 0.119. The summed E-state index contributed by atoms with van der Waals surface area (Å²) in [6, 6.07) is 3.07. The minimum Gasteiger partial charge on any atom is -0.396 e. The molecular weight excluding hydrogens is 280 g/mol. The van der Waals surface area contributed by atoms with Crippen LogP contribution in [-0.2, 0) is 0 Å². The number of allylic oxidation sites excluding steroid dienone is 2. The molecule has 2 aliphatic carbocycles.